The first-order chi connectivity index (χ1) is 17.9. The molecule has 3 aliphatic rings. The quantitative estimate of drug-likeness (QED) is 0.228. The molecule has 42 heavy (non-hydrogen) atoms. The molecule has 3 rings (SSSR count). The first-order valence-electron chi connectivity index (χ1n) is 15.2. The summed E-state index contributed by atoms with van der Waals surface area (Å²) in [5.41, 5.74) is 0. The van der Waals surface area contributed by atoms with Crippen molar-refractivity contribution in [3.63, 3.8) is 0 Å². The molecule has 12 heteroatoms. The van der Waals surface area contributed by atoms with Crippen molar-refractivity contribution < 1.29 is 14.2 Å². The summed E-state index contributed by atoms with van der Waals surface area (Å²) >= 11 is 0. The Kier molecular flexibility index (Phi) is 102. The maximum absolute atomic E-state index is 4.94. The fraction of sp³-hybridized carbons (Fsp3) is 1.00. The van der Waals surface area contributed by atoms with Crippen LogP contribution in [-0.2, 0) is 14.2 Å². The van der Waals surface area contributed by atoms with Crippen LogP contribution in [0.5, 0.6) is 0 Å². The van der Waals surface area contributed by atoms with E-state index in [1.807, 2.05) is 0 Å². The van der Waals surface area contributed by atoms with Crippen molar-refractivity contribution in [1.29, 1.82) is 0 Å². The van der Waals surface area contributed by atoms with Gasteiger partial charge in [-0.3, -0.25) is 0 Å². The monoisotopic (exact) mass is 842 g/mol. The van der Waals surface area contributed by atoms with E-state index >= 15 is 0 Å². The van der Waals surface area contributed by atoms with Gasteiger partial charge in [0, 0.05) is 165 Å². The van der Waals surface area contributed by atoms with E-state index in [0.717, 1.165) is 39.6 Å². The van der Waals surface area contributed by atoms with Gasteiger partial charge in [-0.15, -0.1) is 0 Å². The Morgan fingerprint density at radius 3 is 0.357 bits per heavy atom. The van der Waals surface area contributed by atoms with E-state index in [1.54, 1.807) is 0 Å². The molecule has 250 valence electrons. The smallest absolute Gasteiger partial charge is 0.0466 e. The maximum Gasteiger partial charge on any atom is 0.0466 e. The van der Waals surface area contributed by atoms with Crippen LogP contribution in [0.4, 0.5) is 0 Å². The first-order valence-corrected chi connectivity index (χ1v) is 33.2. The van der Waals surface area contributed by atoms with Gasteiger partial charge in [-0.05, 0) is 38.5 Å². The van der Waals surface area contributed by atoms with Gasteiger partial charge in [0.1, 0.15) is 0 Å². The van der Waals surface area contributed by atoms with Gasteiger partial charge in [0.2, 0.25) is 0 Å². The van der Waals surface area contributed by atoms with E-state index < -0.39 is 0 Å². The van der Waals surface area contributed by atoms with Gasteiger partial charge in [-0.2, -0.15) is 0 Å². The van der Waals surface area contributed by atoms with Gasteiger partial charge in [0.15, 0.2) is 0 Å². The molecule has 0 atom stereocenters. The molecule has 0 saturated carbocycles. The predicted octanol–water partition coefficient (Wildman–Crippen LogP) is 9.47. The van der Waals surface area contributed by atoms with Crippen LogP contribution in [0.3, 0.4) is 0 Å². The average Bonchev–Trinajstić information content (AvgIpc) is 3.54. The molecule has 0 unspecified atom stereocenters. The van der Waals surface area contributed by atoms with Crippen LogP contribution in [-0.4, -0.2) is 165 Å². The molecule has 3 nitrogen and oxygen atoms in total. The molecular formula is C30H78CaGe2O3Si6. The Bertz CT molecular complexity index is 256. The van der Waals surface area contributed by atoms with Crippen LogP contribution in [0.1, 0.15) is 38.5 Å². The number of ether oxygens (including phenoxy) is 3. The standard InChI is InChI=1S/3C4H8O.6C3H9Si.Ca.2Ge/c3*1-2-4-5-3-1;6*1-4(2)3;;;/h3*1-4H2;6*1-3H3;;;. The van der Waals surface area contributed by atoms with Crippen molar-refractivity contribution in [3.8, 4) is 0 Å². The summed E-state index contributed by atoms with van der Waals surface area (Å²) in [5, 5.41) is 0. The Balaban J connectivity index is -0.0000000414. The van der Waals surface area contributed by atoms with Crippen LogP contribution in [0.25, 0.3) is 0 Å². The summed E-state index contributed by atoms with van der Waals surface area (Å²) in [4.78, 5) is 0. The minimum atomic E-state index is 0. The fourth-order valence-corrected chi connectivity index (χ4v) is 1.53. The van der Waals surface area contributed by atoms with Gasteiger partial charge >= 0.3 is 0 Å². The third-order valence-electron chi connectivity index (χ3n) is 2.48. The minimum Gasteiger partial charge on any atom is -0.381 e. The van der Waals surface area contributed by atoms with Crippen molar-refractivity contribution in [3.05, 3.63) is 0 Å². The minimum absolute atomic E-state index is 0. The molecule has 0 aliphatic carbocycles. The Morgan fingerprint density at radius 2 is 0.333 bits per heavy atom. The first kappa shape index (κ1) is 67.7. The van der Waals surface area contributed by atoms with Crippen molar-refractivity contribution in [2.24, 2.45) is 0 Å². The number of hydrogen-bond donors (Lipinski definition) is 0. The maximum atomic E-state index is 4.94. The molecule has 0 bridgehead atoms. The second-order valence-corrected chi connectivity index (χ2v) is 31.0. The molecule has 0 aromatic carbocycles. The van der Waals surface area contributed by atoms with Crippen LogP contribution in [0.15, 0.2) is 0 Å². The average molecular weight is 841 g/mol. The summed E-state index contributed by atoms with van der Waals surface area (Å²) in [6, 6.07) is 0. The molecule has 3 saturated heterocycles. The third kappa shape index (κ3) is 229. The van der Waals surface area contributed by atoms with Gasteiger partial charge in [-0.1, -0.05) is 118 Å². The SMILES string of the molecule is C1CCOC1.C1CCOC1.C1CCOC1.C[Si](C)C.C[Si](C)C.C[Si](C)C.C[Si](C)C.C[Si](C)C.C[Si](C)C.[Ca].[Ge].[Ge]. The van der Waals surface area contributed by atoms with Gasteiger partial charge in [0.25, 0.3) is 0 Å². The van der Waals surface area contributed by atoms with Crippen molar-refractivity contribution in [2.45, 2.75) is 156 Å². The molecule has 0 N–H and O–H groups in total. The second kappa shape index (κ2) is 63.2. The van der Waals surface area contributed by atoms with Crippen molar-refractivity contribution in [2.75, 3.05) is 39.6 Å². The van der Waals surface area contributed by atoms with E-state index in [1.165, 1.54) is 38.5 Å². The van der Waals surface area contributed by atoms with E-state index in [4.69, 9.17) is 14.2 Å². The van der Waals surface area contributed by atoms with Crippen LogP contribution in [0.2, 0.25) is 118 Å². The number of rotatable bonds is 0. The van der Waals surface area contributed by atoms with Crippen LogP contribution >= 0.6 is 0 Å². The Hall–Kier alpha value is 3.53. The zero-order valence-corrected chi connectivity index (χ0v) is 44.8. The zero-order valence-electron chi connectivity index (χ0n) is 32.4. The largest absolute Gasteiger partial charge is 0.381 e. The summed E-state index contributed by atoms with van der Waals surface area (Å²) < 4.78 is 14.8. The van der Waals surface area contributed by atoms with E-state index in [9.17, 15) is 0 Å². The summed E-state index contributed by atoms with van der Waals surface area (Å²) in [6.07, 6.45) is 7.67. The van der Waals surface area contributed by atoms with Gasteiger partial charge < -0.3 is 14.2 Å². The molecule has 0 spiro atoms. The third-order valence-corrected chi connectivity index (χ3v) is 2.48. The predicted molar refractivity (Wildman–Crippen MR) is 217 cm³/mol. The van der Waals surface area contributed by atoms with Crippen LogP contribution < -0.4 is 0 Å². The molecule has 3 fully saturated rings. The summed E-state index contributed by atoms with van der Waals surface area (Å²) in [5.74, 6) is 0. The molecule has 16 radical (unpaired) electrons. The van der Waals surface area contributed by atoms with Gasteiger partial charge in [0.05, 0.1) is 0 Å². The summed E-state index contributed by atoms with van der Waals surface area (Å²) in [7, 11) is 0.722. The van der Waals surface area contributed by atoms with Crippen molar-refractivity contribution >= 4 is 126 Å². The topological polar surface area (TPSA) is 27.7 Å². The number of hydrogen-bond acceptors (Lipinski definition) is 3. The zero-order chi connectivity index (χ0) is 32.1. The summed E-state index contributed by atoms with van der Waals surface area (Å²) in [6.45, 7) is 46.8. The molecule has 3 heterocycles. The Labute approximate surface area is 332 Å². The molecule has 0 aromatic heterocycles. The molecular weight excluding hydrogens is 762 g/mol. The second-order valence-electron chi connectivity index (χ2n) is 13.0. The van der Waals surface area contributed by atoms with E-state index in [-0.39, 0.29) is 126 Å². The molecule has 0 amide bonds. The normalized spacial score (nSPS) is 13.7. The van der Waals surface area contributed by atoms with Gasteiger partial charge in [-0.25, -0.2) is 0 Å². The van der Waals surface area contributed by atoms with E-state index in [2.05, 4.69) is 118 Å². The Morgan fingerprint density at radius 1 is 0.262 bits per heavy atom. The van der Waals surface area contributed by atoms with Crippen LogP contribution in [0, 0.1) is 0 Å². The molecule has 3 aliphatic heterocycles. The van der Waals surface area contributed by atoms with Crippen molar-refractivity contribution in [1.82, 2.24) is 0 Å². The fourth-order valence-electron chi connectivity index (χ4n) is 1.53. The molecule has 0 aromatic rings. The van der Waals surface area contributed by atoms with E-state index in [0.29, 0.717) is 0 Å².